The number of nitrogens with zero attached hydrogens (tertiary/aromatic N) is 1. The number of hydrogen-bond donors (Lipinski definition) is 2. The lowest BCUT2D eigenvalue weighted by Crippen LogP contribution is -2.45. The molecule has 5 nitrogen and oxygen atoms in total. The van der Waals surface area contributed by atoms with Crippen LogP contribution in [0.4, 0.5) is 0 Å². The Balaban J connectivity index is 1.67. The largest absolute Gasteiger partial charge is 0.359 e. The fraction of sp³-hybridized carbons (Fsp3) is 0.857. The average Bonchev–Trinajstić information content (AvgIpc) is 2.91. The summed E-state index contributed by atoms with van der Waals surface area (Å²) in [6.45, 7) is 2.17. The van der Waals surface area contributed by atoms with Crippen molar-refractivity contribution in [1.82, 2.24) is 15.5 Å². The van der Waals surface area contributed by atoms with Crippen LogP contribution in [-0.4, -0.2) is 49.4 Å². The highest BCUT2D eigenvalue weighted by atomic mass is 16.2. The number of carbonyl (C=O) groups is 2. The Bertz CT molecular complexity index is 319. The summed E-state index contributed by atoms with van der Waals surface area (Å²) in [5.41, 5.74) is 0. The molecule has 1 aliphatic heterocycles. The lowest BCUT2D eigenvalue weighted by molar-refractivity contribution is -0.126. The van der Waals surface area contributed by atoms with E-state index < -0.39 is 0 Å². The van der Waals surface area contributed by atoms with Crippen LogP contribution in [0, 0.1) is 5.92 Å². The minimum Gasteiger partial charge on any atom is -0.359 e. The van der Waals surface area contributed by atoms with Crippen molar-refractivity contribution >= 4 is 11.8 Å². The van der Waals surface area contributed by atoms with Crippen LogP contribution in [0.5, 0.6) is 0 Å². The van der Waals surface area contributed by atoms with Gasteiger partial charge in [-0.25, -0.2) is 0 Å². The maximum Gasteiger partial charge on any atom is 0.234 e. The standard InChI is InChI=1S/C14H25N3O2/c1-15-14(19)11-6-8-17(9-7-11)10-13(18)16-12-4-2-3-5-12/h11-12H,2-10H2,1H3,(H,15,19)(H,16,18). The van der Waals surface area contributed by atoms with Gasteiger partial charge in [0.05, 0.1) is 6.54 Å². The van der Waals surface area contributed by atoms with Crippen LogP contribution in [0.25, 0.3) is 0 Å². The summed E-state index contributed by atoms with van der Waals surface area (Å²) in [6, 6.07) is 0.399. The van der Waals surface area contributed by atoms with Crippen LogP contribution < -0.4 is 10.6 Å². The van der Waals surface area contributed by atoms with Crippen molar-refractivity contribution in [2.45, 2.75) is 44.6 Å². The highest BCUT2D eigenvalue weighted by molar-refractivity contribution is 5.79. The summed E-state index contributed by atoms with van der Waals surface area (Å²) in [4.78, 5) is 25.6. The van der Waals surface area contributed by atoms with E-state index in [1.54, 1.807) is 7.05 Å². The zero-order valence-electron chi connectivity index (χ0n) is 11.8. The molecule has 0 radical (unpaired) electrons. The minimum absolute atomic E-state index is 0.124. The third-order valence-electron chi connectivity index (χ3n) is 4.29. The number of hydrogen-bond acceptors (Lipinski definition) is 3. The van der Waals surface area contributed by atoms with E-state index >= 15 is 0 Å². The summed E-state index contributed by atoms with van der Waals surface area (Å²) >= 11 is 0. The molecule has 2 rings (SSSR count). The van der Waals surface area contributed by atoms with Gasteiger partial charge in [0.2, 0.25) is 11.8 Å². The summed E-state index contributed by atoms with van der Waals surface area (Å²) in [5, 5.41) is 5.81. The van der Waals surface area contributed by atoms with Crippen LogP contribution in [0.15, 0.2) is 0 Å². The maximum absolute atomic E-state index is 11.9. The zero-order chi connectivity index (χ0) is 13.7. The highest BCUT2D eigenvalue weighted by Gasteiger charge is 2.25. The van der Waals surface area contributed by atoms with Crippen molar-refractivity contribution in [2.24, 2.45) is 5.92 Å². The van der Waals surface area contributed by atoms with Gasteiger partial charge in [-0.3, -0.25) is 14.5 Å². The Hall–Kier alpha value is -1.10. The van der Waals surface area contributed by atoms with Crippen LogP contribution in [-0.2, 0) is 9.59 Å². The maximum atomic E-state index is 11.9. The Morgan fingerprint density at radius 1 is 1.11 bits per heavy atom. The molecule has 2 aliphatic rings. The van der Waals surface area contributed by atoms with Crippen LogP contribution in [0.3, 0.4) is 0 Å². The number of rotatable bonds is 4. The Labute approximate surface area is 115 Å². The van der Waals surface area contributed by atoms with E-state index in [1.165, 1.54) is 12.8 Å². The molecule has 1 aliphatic carbocycles. The first-order chi connectivity index (χ1) is 9.19. The van der Waals surface area contributed by atoms with E-state index in [1.807, 2.05) is 0 Å². The van der Waals surface area contributed by atoms with Crippen molar-refractivity contribution in [3.63, 3.8) is 0 Å². The minimum atomic E-state index is 0.124. The van der Waals surface area contributed by atoms with E-state index in [-0.39, 0.29) is 17.7 Å². The SMILES string of the molecule is CNC(=O)C1CCN(CC(=O)NC2CCCC2)CC1. The topological polar surface area (TPSA) is 61.4 Å². The Morgan fingerprint density at radius 3 is 2.32 bits per heavy atom. The second-order valence-electron chi connectivity index (χ2n) is 5.71. The predicted octanol–water partition coefficient (Wildman–Crippen LogP) is 0.503. The first kappa shape index (κ1) is 14.3. The third-order valence-corrected chi connectivity index (χ3v) is 4.29. The molecule has 0 aromatic heterocycles. The quantitative estimate of drug-likeness (QED) is 0.780. The van der Waals surface area contributed by atoms with Gasteiger partial charge in [0.1, 0.15) is 0 Å². The van der Waals surface area contributed by atoms with Gasteiger partial charge in [0.15, 0.2) is 0 Å². The molecular formula is C14H25N3O2. The molecule has 0 aromatic carbocycles. The first-order valence-electron chi connectivity index (χ1n) is 7.42. The highest BCUT2D eigenvalue weighted by Crippen LogP contribution is 2.18. The second kappa shape index (κ2) is 6.89. The van der Waals surface area contributed by atoms with Gasteiger partial charge in [-0.15, -0.1) is 0 Å². The van der Waals surface area contributed by atoms with Crippen molar-refractivity contribution in [3.05, 3.63) is 0 Å². The van der Waals surface area contributed by atoms with Crippen molar-refractivity contribution in [1.29, 1.82) is 0 Å². The van der Waals surface area contributed by atoms with Gasteiger partial charge in [-0.2, -0.15) is 0 Å². The van der Waals surface area contributed by atoms with Gasteiger partial charge in [-0.1, -0.05) is 12.8 Å². The second-order valence-corrected chi connectivity index (χ2v) is 5.71. The van der Waals surface area contributed by atoms with Crippen molar-refractivity contribution in [3.8, 4) is 0 Å². The molecule has 1 saturated heterocycles. The van der Waals surface area contributed by atoms with E-state index in [0.717, 1.165) is 38.8 Å². The van der Waals surface area contributed by atoms with Gasteiger partial charge in [0.25, 0.3) is 0 Å². The molecule has 0 bridgehead atoms. The van der Waals surface area contributed by atoms with Gasteiger partial charge >= 0.3 is 0 Å². The molecular weight excluding hydrogens is 242 g/mol. The lowest BCUT2D eigenvalue weighted by atomic mass is 9.96. The summed E-state index contributed by atoms with van der Waals surface area (Å²) in [7, 11) is 1.68. The fourth-order valence-electron chi connectivity index (χ4n) is 3.10. The van der Waals surface area contributed by atoms with E-state index in [2.05, 4.69) is 15.5 Å². The number of likely N-dealkylation sites (tertiary alicyclic amines) is 1. The van der Waals surface area contributed by atoms with Gasteiger partial charge < -0.3 is 10.6 Å². The van der Waals surface area contributed by atoms with Gasteiger partial charge in [0, 0.05) is 19.0 Å². The normalized spacial score (nSPS) is 22.4. The molecule has 2 amide bonds. The number of carbonyl (C=O) groups excluding carboxylic acids is 2. The van der Waals surface area contributed by atoms with Crippen LogP contribution in [0.2, 0.25) is 0 Å². The number of amides is 2. The molecule has 0 aromatic rings. The predicted molar refractivity (Wildman–Crippen MR) is 73.6 cm³/mol. The molecule has 0 atom stereocenters. The van der Waals surface area contributed by atoms with Crippen molar-refractivity contribution < 1.29 is 9.59 Å². The summed E-state index contributed by atoms with van der Waals surface area (Å²) in [6.07, 6.45) is 6.45. The lowest BCUT2D eigenvalue weighted by Gasteiger charge is -2.30. The smallest absolute Gasteiger partial charge is 0.234 e. The first-order valence-corrected chi connectivity index (χ1v) is 7.42. The molecule has 1 heterocycles. The van der Waals surface area contributed by atoms with E-state index in [0.29, 0.717) is 12.6 Å². The number of piperidine rings is 1. The van der Waals surface area contributed by atoms with E-state index in [4.69, 9.17) is 0 Å². The molecule has 1 saturated carbocycles. The van der Waals surface area contributed by atoms with Crippen LogP contribution in [0.1, 0.15) is 38.5 Å². The molecule has 2 fully saturated rings. The Kier molecular flexibility index (Phi) is 5.19. The molecule has 5 heteroatoms. The Morgan fingerprint density at radius 2 is 1.74 bits per heavy atom. The van der Waals surface area contributed by atoms with E-state index in [9.17, 15) is 9.59 Å². The molecule has 19 heavy (non-hydrogen) atoms. The third kappa shape index (κ3) is 4.20. The zero-order valence-corrected chi connectivity index (χ0v) is 11.8. The molecule has 0 unspecified atom stereocenters. The molecule has 2 N–H and O–H groups in total. The number of nitrogens with one attached hydrogen (secondary N) is 2. The summed E-state index contributed by atoms with van der Waals surface area (Å²) < 4.78 is 0. The molecule has 0 spiro atoms. The average molecular weight is 267 g/mol. The van der Waals surface area contributed by atoms with Crippen molar-refractivity contribution in [2.75, 3.05) is 26.7 Å². The van der Waals surface area contributed by atoms with Gasteiger partial charge in [-0.05, 0) is 38.8 Å². The fourth-order valence-corrected chi connectivity index (χ4v) is 3.10. The van der Waals surface area contributed by atoms with Crippen LogP contribution >= 0.6 is 0 Å². The molecule has 108 valence electrons. The monoisotopic (exact) mass is 267 g/mol. The summed E-state index contributed by atoms with van der Waals surface area (Å²) in [5.74, 6) is 0.402.